The Bertz CT molecular complexity index is 3230. The van der Waals surface area contributed by atoms with Gasteiger partial charge in [-0.3, -0.25) is 0 Å². The van der Waals surface area contributed by atoms with Crippen LogP contribution >= 0.6 is 0 Å². The van der Waals surface area contributed by atoms with Gasteiger partial charge in [0.05, 0.1) is 16.8 Å². The second-order valence-electron chi connectivity index (χ2n) is 15.3. The number of hydrogen-bond acceptors (Lipinski definition) is 1. The summed E-state index contributed by atoms with van der Waals surface area (Å²) in [6.45, 7) is 0. The summed E-state index contributed by atoms with van der Waals surface area (Å²) in [6.07, 6.45) is 0. The molecule has 2 aliphatic carbocycles. The van der Waals surface area contributed by atoms with Crippen LogP contribution in [0.4, 0.5) is 0 Å². The van der Waals surface area contributed by atoms with Crippen LogP contribution < -0.4 is 0 Å². The zero-order chi connectivity index (χ0) is 37.5. The first-order valence-corrected chi connectivity index (χ1v) is 19.8. The van der Waals surface area contributed by atoms with E-state index in [4.69, 9.17) is 4.98 Å². The van der Waals surface area contributed by atoms with Crippen molar-refractivity contribution in [1.82, 2.24) is 4.98 Å². The lowest BCUT2D eigenvalue weighted by atomic mass is 9.69. The Balaban J connectivity index is 1.17. The van der Waals surface area contributed by atoms with E-state index < -0.39 is 5.41 Å². The molecule has 0 fully saturated rings. The van der Waals surface area contributed by atoms with Crippen molar-refractivity contribution in [3.8, 4) is 67.0 Å². The molecule has 0 N–H and O–H groups in total. The van der Waals surface area contributed by atoms with Gasteiger partial charge >= 0.3 is 0 Å². The maximum Gasteiger partial charge on any atom is 0.0731 e. The van der Waals surface area contributed by atoms with Crippen molar-refractivity contribution in [1.29, 1.82) is 0 Å². The molecule has 0 bridgehead atoms. The molecule has 57 heavy (non-hydrogen) atoms. The van der Waals surface area contributed by atoms with Gasteiger partial charge in [-0.1, -0.05) is 194 Å². The fraction of sp³-hybridized carbons (Fsp3) is 0.0179. The average Bonchev–Trinajstić information content (AvgIpc) is 3.78. The van der Waals surface area contributed by atoms with Crippen molar-refractivity contribution in [2.24, 2.45) is 0 Å². The standard InChI is InChI=1S/C56H35N/c1-3-17-36(18-4-1)38-21-15-22-39(33-38)52-35-40(34-51(57-52)37-19-5-2-6-20-37)41-29-16-32-50-53(41)46-27-11-13-30-48(46)56(50)49-31-14-12-28-47(49)54-44-25-9-7-23-42(44)43-24-8-10-26-45(43)55(54)56/h1-35H. The molecule has 2 aliphatic rings. The number of nitrogens with zero attached hydrogens (tertiary/aromatic N) is 1. The van der Waals surface area contributed by atoms with Crippen LogP contribution in [-0.4, -0.2) is 4.98 Å². The van der Waals surface area contributed by atoms with Gasteiger partial charge in [-0.15, -0.1) is 0 Å². The van der Waals surface area contributed by atoms with Gasteiger partial charge in [0.1, 0.15) is 0 Å². The molecule has 0 aliphatic heterocycles. The Hall–Kier alpha value is -7.35. The smallest absolute Gasteiger partial charge is 0.0731 e. The normalized spacial score (nSPS) is 14.7. The molecule has 0 saturated carbocycles. The number of pyridine rings is 1. The Kier molecular flexibility index (Phi) is 6.91. The Morgan fingerprint density at radius 1 is 0.281 bits per heavy atom. The molecule has 1 heterocycles. The molecule has 1 atom stereocenters. The maximum absolute atomic E-state index is 5.37. The van der Waals surface area contributed by atoms with Crippen molar-refractivity contribution in [2.45, 2.75) is 5.41 Å². The van der Waals surface area contributed by atoms with E-state index in [2.05, 4.69) is 212 Å². The summed E-state index contributed by atoms with van der Waals surface area (Å²) >= 11 is 0. The molecule has 0 amide bonds. The molecule has 264 valence electrons. The highest BCUT2D eigenvalue weighted by Crippen LogP contribution is 2.66. The van der Waals surface area contributed by atoms with E-state index in [0.717, 1.165) is 28.1 Å². The largest absolute Gasteiger partial charge is 0.248 e. The van der Waals surface area contributed by atoms with Crippen molar-refractivity contribution in [2.75, 3.05) is 0 Å². The van der Waals surface area contributed by atoms with E-state index in [9.17, 15) is 0 Å². The molecule has 9 aromatic carbocycles. The molecule has 1 unspecified atom stereocenters. The van der Waals surface area contributed by atoms with Crippen molar-refractivity contribution < 1.29 is 0 Å². The minimum atomic E-state index is -0.500. The van der Waals surface area contributed by atoms with Crippen LogP contribution in [0.1, 0.15) is 22.3 Å². The van der Waals surface area contributed by atoms with Gasteiger partial charge in [0.15, 0.2) is 0 Å². The topological polar surface area (TPSA) is 12.9 Å². The van der Waals surface area contributed by atoms with Crippen LogP contribution in [0.25, 0.3) is 88.6 Å². The molecule has 1 heteroatoms. The fourth-order valence-corrected chi connectivity index (χ4v) is 10.2. The van der Waals surface area contributed by atoms with E-state index in [1.807, 2.05) is 0 Å². The van der Waals surface area contributed by atoms with Crippen molar-refractivity contribution in [3.05, 3.63) is 235 Å². The quantitative estimate of drug-likeness (QED) is 0.165. The first-order valence-electron chi connectivity index (χ1n) is 19.8. The Morgan fingerprint density at radius 2 is 0.754 bits per heavy atom. The third kappa shape index (κ3) is 4.54. The summed E-state index contributed by atoms with van der Waals surface area (Å²) in [5.41, 5.74) is 19.0. The molecular weight excluding hydrogens is 687 g/mol. The number of benzene rings is 9. The van der Waals surface area contributed by atoms with Gasteiger partial charge in [0, 0.05) is 11.1 Å². The minimum Gasteiger partial charge on any atom is -0.248 e. The first-order chi connectivity index (χ1) is 28.3. The summed E-state index contributed by atoms with van der Waals surface area (Å²) in [7, 11) is 0. The number of fused-ring (bicyclic) bond motifs is 15. The minimum absolute atomic E-state index is 0.500. The molecule has 1 aromatic heterocycles. The van der Waals surface area contributed by atoms with Crippen LogP contribution in [0.15, 0.2) is 212 Å². The average molecular weight is 722 g/mol. The molecule has 1 spiro atoms. The van der Waals surface area contributed by atoms with Crippen LogP contribution in [0.3, 0.4) is 0 Å². The highest BCUT2D eigenvalue weighted by atomic mass is 14.7. The van der Waals surface area contributed by atoms with Gasteiger partial charge in [-0.25, -0.2) is 4.98 Å². The van der Waals surface area contributed by atoms with Crippen LogP contribution in [0.2, 0.25) is 0 Å². The van der Waals surface area contributed by atoms with E-state index in [1.54, 1.807) is 0 Å². The lowest BCUT2D eigenvalue weighted by molar-refractivity contribution is 0.802. The van der Waals surface area contributed by atoms with Gasteiger partial charge in [0.25, 0.3) is 0 Å². The first kappa shape index (κ1) is 31.9. The summed E-state index contributed by atoms with van der Waals surface area (Å²) in [5, 5.41) is 5.21. The lowest BCUT2D eigenvalue weighted by Gasteiger charge is -2.32. The van der Waals surface area contributed by atoms with E-state index in [-0.39, 0.29) is 0 Å². The highest BCUT2D eigenvalue weighted by Gasteiger charge is 2.53. The lowest BCUT2D eigenvalue weighted by Crippen LogP contribution is -2.26. The molecular formula is C56H35N. The third-order valence-corrected chi connectivity index (χ3v) is 12.4. The Morgan fingerprint density at radius 3 is 1.47 bits per heavy atom. The molecule has 10 aromatic rings. The fourth-order valence-electron chi connectivity index (χ4n) is 10.2. The zero-order valence-electron chi connectivity index (χ0n) is 31.2. The van der Waals surface area contributed by atoms with Gasteiger partial charge in [0.2, 0.25) is 0 Å². The second kappa shape index (κ2) is 12.3. The van der Waals surface area contributed by atoms with Gasteiger partial charge in [-0.05, 0) is 107 Å². The van der Waals surface area contributed by atoms with Crippen LogP contribution in [0, 0.1) is 0 Å². The zero-order valence-corrected chi connectivity index (χ0v) is 31.2. The number of hydrogen-bond donors (Lipinski definition) is 0. The molecule has 1 nitrogen and oxygen atoms in total. The summed E-state index contributed by atoms with van der Waals surface area (Å²) in [6, 6.07) is 78.0. The predicted octanol–water partition coefficient (Wildman–Crippen LogP) is 14.4. The van der Waals surface area contributed by atoms with Gasteiger partial charge < -0.3 is 0 Å². The van der Waals surface area contributed by atoms with Crippen LogP contribution in [-0.2, 0) is 5.41 Å². The highest BCUT2D eigenvalue weighted by molar-refractivity contribution is 6.20. The third-order valence-electron chi connectivity index (χ3n) is 12.4. The molecule has 12 rings (SSSR count). The monoisotopic (exact) mass is 721 g/mol. The Labute approximate surface area is 332 Å². The van der Waals surface area contributed by atoms with Crippen LogP contribution in [0.5, 0.6) is 0 Å². The number of rotatable bonds is 4. The second-order valence-corrected chi connectivity index (χ2v) is 15.3. The maximum atomic E-state index is 5.37. The summed E-state index contributed by atoms with van der Waals surface area (Å²) < 4.78 is 0. The van der Waals surface area contributed by atoms with Gasteiger partial charge in [-0.2, -0.15) is 0 Å². The predicted molar refractivity (Wildman–Crippen MR) is 237 cm³/mol. The van der Waals surface area contributed by atoms with E-state index in [0.29, 0.717) is 0 Å². The summed E-state index contributed by atoms with van der Waals surface area (Å²) in [5.74, 6) is 0. The van der Waals surface area contributed by atoms with Crippen molar-refractivity contribution >= 4 is 21.5 Å². The SMILES string of the molecule is c1ccc(-c2cccc(-c3cc(-c4cccc5c4-c4ccccc4C54c5ccccc5-c5c4c4ccccc4c4ccccc54)cc(-c4ccccc4)n3)c2)cc1. The van der Waals surface area contributed by atoms with Crippen molar-refractivity contribution in [3.63, 3.8) is 0 Å². The number of aromatic nitrogens is 1. The summed E-state index contributed by atoms with van der Waals surface area (Å²) in [4.78, 5) is 5.37. The molecule has 0 saturated heterocycles. The van der Waals surface area contributed by atoms with E-state index in [1.165, 1.54) is 82.7 Å². The molecule has 0 radical (unpaired) electrons. The van der Waals surface area contributed by atoms with E-state index >= 15 is 0 Å².